The molecule has 2 heterocycles. The molecule has 0 N–H and O–H groups in total. The van der Waals surface area contributed by atoms with Gasteiger partial charge in [0.15, 0.2) is 5.67 Å². The highest BCUT2D eigenvalue weighted by Gasteiger charge is 2.53. The molecule has 5 heteroatoms. The molecular weight excluding hydrogens is 271 g/mol. The highest BCUT2D eigenvalue weighted by molar-refractivity contribution is 5.88. The Morgan fingerprint density at radius 1 is 1.24 bits per heavy atom. The first kappa shape index (κ1) is 15.0. The first-order valence-electron chi connectivity index (χ1n) is 7.96. The molecule has 0 aromatic rings. The molecule has 0 aromatic carbocycles. The van der Waals surface area contributed by atoms with Gasteiger partial charge in [-0.25, -0.2) is 4.39 Å². The predicted molar refractivity (Wildman–Crippen MR) is 78.8 cm³/mol. The Bertz CT molecular complexity index is 415. The third kappa shape index (κ3) is 3.14. The molecule has 0 atom stereocenters. The normalized spacial score (nSPS) is 28.1. The summed E-state index contributed by atoms with van der Waals surface area (Å²) >= 11 is 0. The largest absolute Gasteiger partial charge is 0.379 e. The van der Waals surface area contributed by atoms with Crippen LogP contribution in [0.15, 0.2) is 12.7 Å². The molecule has 2 saturated heterocycles. The van der Waals surface area contributed by atoms with Crippen LogP contribution in [0.25, 0.3) is 0 Å². The van der Waals surface area contributed by atoms with Crippen LogP contribution >= 0.6 is 0 Å². The number of halogens is 1. The van der Waals surface area contributed by atoms with Gasteiger partial charge < -0.3 is 9.64 Å². The third-order valence-electron chi connectivity index (χ3n) is 5.09. The number of nitrogens with zero attached hydrogens (tertiary/aromatic N) is 2. The molecule has 3 fully saturated rings. The Morgan fingerprint density at radius 3 is 2.57 bits per heavy atom. The lowest BCUT2D eigenvalue weighted by atomic mass is 9.78. The number of likely N-dealkylation sites (tertiary alicyclic amines) is 1. The van der Waals surface area contributed by atoms with E-state index in [2.05, 4.69) is 11.5 Å². The summed E-state index contributed by atoms with van der Waals surface area (Å²) in [5.41, 5.74) is -1.41. The first-order valence-corrected chi connectivity index (χ1v) is 7.96. The molecule has 0 unspecified atom stereocenters. The van der Waals surface area contributed by atoms with Crippen molar-refractivity contribution in [1.29, 1.82) is 0 Å². The minimum Gasteiger partial charge on any atom is -0.379 e. The minimum absolute atomic E-state index is 0.114. The van der Waals surface area contributed by atoms with Crippen LogP contribution in [0.2, 0.25) is 0 Å². The molecule has 21 heavy (non-hydrogen) atoms. The molecule has 1 saturated carbocycles. The number of hydrogen-bond donors (Lipinski definition) is 0. The summed E-state index contributed by atoms with van der Waals surface area (Å²) in [5.74, 6) is -0.283. The van der Waals surface area contributed by atoms with Gasteiger partial charge in [-0.05, 0) is 25.7 Å². The summed E-state index contributed by atoms with van der Waals surface area (Å²) in [6, 6.07) is 0. The van der Waals surface area contributed by atoms with Crippen molar-refractivity contribution in [3.8, 4) is 0 Å². The molecule has 1 aliphatic carbocycles. The second kappa shape index (κ2) is 5.69. The van der Waals surface area contributed by atoms with Crippen molar-refractivity contribution < 1.29 is 13.9 Å². The zero-order valence-electron chi connectivity index (χ0n) is 12.7. The maximum absolute atomic E-state index is 13.9. The lowest BCUT2D eigenvalue weighted by molar-refractivity contribution is -0.141. The quantitative estimate of drug-likeness (QED) is 0.742. The van der Waals surface area contributed by atoms with Crippen molar-refractivity contribution >= 4 is 5.91 Å². The summed E-state index contributed by atoms with van der Waals surface area (Å²) in [4.78, 5) is 16.2. The summed E-state index contributed by atoms with van der Waals surface area (Å²) in [6.07, 6.45) is 4.55. The maximum atomic E-state index is 13.9. The number of piperidine rings is 1. The van der Waals surface area contributed by atoms with Crippen molar-refractivity contribution in [2.45, 2.75) is 31.4 Å². The number of carbonyl (C=O) groups excluding carboxylic acids is 1. The highest BCUT2D eigenvalue weighted by Crippen LogP contribution is 2.43. The van der Waals surface area contributed by atoms with E-state index in [1.165, 1.54) is 0 Å². The van der Waals surface area contributed by atoms with Gasteiger partial charge in [-0.1, -0.05) is 6.08 Å². The average Bonchev–Trinajstić information content (AvgIpc) is 3.25. The van der Waals surface area contributed by atoms with E-state index in [9.17, 15) is 9.18 Å². The van der Waals surface area contributed by atoms with E-state index < -0.39 is 5.67 Å². The van der Waals surface area contributed by atoms with E-state index in [0.717, 1.165) is 45.7 Å². The van der Waals surface area contributed by atoms with Gasteiger partial charge in [0.1, 0.15) is 0 Å². The molecule has 0 radical (unpaired) electrons. The van der Waals surface area contributed by atoms with Gasteiger partial charge in [0.2, 0.25) is 0 Å². The number of ether oxygens (including phenoxy) is 1. The van der Waals surface area contributed by atoms with Gasteiger partial charge in [-0.3, -0.25) is 9.69 Å². The van der Waals surface area contributed by atoms with E-state index in [-0.39, 0.29) is 11.3 Å². The van der Waals surface area contributed by atoms with E-state index in [4.69, 9.17) is 4.74 Å². The third-order valence-corrected chi connectivity index (χ3v) is 5.09. The molecule has 2 aliphatic heterocycles. The van der Waals surface area contributed by atoms with Crippen LogP contribution < -0.4 is 0 Å². The molecule has 0 aromatic heterocycles. The maximum Gasteiger partial charge on any atom is 0.260 e. The lowest BCUT2D eigenvalue weighted by Gasteiger charge is -2.42. The fourth-order valence-electron chi connectivity index (χ4n) is 3.51. The summed E-state index contributed by atoms with van der Waals surface area (Å²) in [5, 5.41) is 0. The van der Waals surface area contributed by atoms with E-state index in [1.54, 1.807) is 4.90 Å². The fourth-order valence-corrected chi connectivity index (χ4v) is 3.51. The Hall–Kier alpha value is -0.940. The lowest BCUT2D eigenvalue weighted by Crippen LogP contribution is -2.50. The zero-order chi connectivity index (χ0) is 14.9. The zero-order valence-corrected chi connectivity index (χ0v) is 12.7. The van der Waals surface area contributed by atoms with Crippen LogP contribution in [-0.4, -0.2) is 67.3 Å². The van der Waals surface area contributed by atoms with Crippen LogP contribution in [0.1, 0.15) is 25.7 Å². The predicted octanol–water partition coefficient (Wildman–Crippen LogP) is 1.62. The van der Waals surface area contributed by atoms with Crippen molar-refractivity contribution in [1.82, 2.24) is 9.80 Å². The van der Waals surface area contributed by atoms with Gasteiger partial charge in [0, 0.05) is 38.1 Å². The molecule has 1 amide bonds. The molecule has 1 spiro atoms. The van der Waals surface area contributed by atoms with E-state index >= 15 is 0 Å². The molecular formula is C16H25FN2O2. The topological polar surface area (TPSA) is 32.8 Å². The summed E-state index contributed by atoms with van der Waals surface area (Å²) < 4.78 is 19.7. The second-order valence-electron chi connectivity index (χ2n) is 6.83. The standard InChI is InChI=1S/C16H25FN2O2/c1-2-7-18-10-11-21-13-15(12-18)5-8-19(9-6-15)14(20)16(17)3-4-16/h2H,1,3-13H2. The molecule has 0 bridgehead atoms. The summed E-state index contributed by atoms with van der Waals surface area (Å²) in [6.45, 7) is 9.44. The number of carbonyl (C=O) groups is 1. The van der Waals surface area contributed by atoms with Crippen molar-refractivity contribution in [2.24, 2.45) is 5.41 Å². The van der Waals surface area contributed by atoms with E-state index in [1.807, 2.05) is 6.08 Å². The molecule has 4 nitrogen and oxygen atoms in total. The number of hydrogen-bond acceptors (Lipinski definition) is 3. The Kier molecular flexibility index (Phi) is 4.06. The number of alkyl halides is 1. The van der Waals surface area contributed by atoms with Gasteiger partial charge >= 0.3 is 0 Å². The van der Waals surface area contributed by atoms with Crippen LogP contribution in [0, 0.1) is 5.41 Å². The SMILES string of the molecule is C=CCN1CCOCC2(CCN(C(=O)C3(F)CC3)CC2)C1. The Labute approximate surface area is 125 Å². The van der Waals surface area contributed by atoms with Gasteiger partial charge in [-0.15, -0.1) is 6.58 Å². The Morgan fingerprint density at radius 2 is 1.95 bits per heavy atom. The smallest absolute Gasteiger partial charge is 0.260 e. The van der Waals surface area contributed by atoms with Crippen molar-refractivity contribution in [2.75, 3.05) is 45.9 Å². The van der Waals surface area contributed by atoms with Crippen molar-refractivity contribution in [3.63, 3.8) is 0 Å². The van der Waals surface area contributed by atoms with E-state index in [0.29, 0.717) is 25.9 Å². The fraction of sp³-hybridized carbons (Fsp3) is 0.812. The van der Waals surface area contributed by atoms with Crippen LogP contribution in [0.3, 0.4) is 0 Å². The highest BCUT2D eigenvalue weighted by atomic mass is 19.1. The van der Waals surface area contributed by atoms with Gasteiger partial charge in [-0.2, -0.15) is 0 Å². The monoisotopic (exact) mass is 296 g/mol. The number of rotatable bonds is 3. The van der Waals surface area contributed by atoms with Crippen molar-refractivity contribution in [3.05, 3.63) is 12.7 Å². The first-order chi connectivity index (χ1) is 10.1. The Balaban J connectivity index is 1.60. The van der Waals surface area contributed by atoms with Crippen LogP contribution in [0.5, 0.6) is 0 Å². The van der Waals surface area contributed by atoms with Crippen LogP contribution in [0.4, 0.5) is 4.39 Å². The van der Waals surface area contributed by atoms with Crippen LogP contribution in [-0.2, 0) is 9.53 Å². The van der Waals surface area contributed by atoms with Gasteiger partial charge in [0.05, 0.1) is 13.2 Å². The molecule has 118 valence electrons. The molecule has 3 rings (SSSR count). The average molecular weight is 296 g/mol. The number of amides is 1. The molecule has 3 aliphatic rings. The van der Waals surface area contributed by atoms with Gasteiger partial charge in [0.25, 0.3) is 5.91 Å². The minimum atomic E-state index is -1.53. The second-order valence-corrected chi connectivity index (χ2v) is 6.83. The summed E-state index contributed by atoms with van der Waals surface area (Å²) in [7, 11) is 0.